The average molecular weight is 488 g/mol. The van der Waals surface area contributed by atoms with Crippen LogP contribution >= 0.6 is 27.5 Å². The van der Waals surface area contributed by atoms with Crippen molar-refractivity contribution < 1.29 is 19.1 Å². The lowest BCUT2D eigenvalue weighted by Gasteiger charge is -2.18. The van der Waals surface area contributed by atoms with E-state index in [9.17, 15) is 9.59 Å². The molecule has 0 aliphatic rings. The van der Waals surface area contributed by atoms with Gasteiger partial charge < -0.3 is 9.47 Å². The van der Waals surface area contributed by atoms with Crippen molar-refractivity contribution in [1.82, 2.24) is 0 Å². The van der Waals surface area contributed by atoms with E-state index in [1.165, 1.54) is 6.07 Å². The fraction of sp³-hybridized carbons (Fsp3) is 0.167. The van der Waals surface area contributed by atoms with Crippen LogP contribution in [0, 0.1) is 0 Å². The summed E-state index contributed by atoms with van der Waals surface area (Å²) in [4.78, 5) is 25.4. The largest absolute Gasteiger partial charge is 0.462 e. The summed E-state index contributed by atoms with van der Waals surface area (Å²) in [7, 11) is 0. The Morgan fingerprint density at radius 3 is 2.23 bits per heavy atom. The minimum absolute atomic E-state index is 0.210. The lowest BCUT2D eigenvalue weighted by molar-refractivity contribution is 0.0526. The van der Waals surface area contributed by atoms with Crippen molar-refractivity contribution >= 4 is 39.5 Å². The molecule has 0 aromatic heterocycles. The third kappa shape index (κ3) is 4.74. The van der Waals surface area contributed by atoms with E-state index in [1.54, 1.807) is 26.0 Å². The number of benzene rings is 3. The zero-order valence-corrected chi connectivity index (χ0v) is 18.9. The molecule has 3 aromatic rings. The number of ether oxygens (including phenoxy) is 2. The summed E-state index contributed by atoms with van der Waals surface area (Å²) in [6.07, 6.45) is 0. The Hall–Kier alpha value is -2.63. The third-order valence-electron chi connectivity index (χ3n) is 4.42. The van der Waals surface area contributed by atoms with Gasteiger partial charge in [0.2, 0.25) is 0 Å². The smallest absolute Gasteiger partial charge is 0.338 e. The average Bonchev–Trinajstić information content (AvgIpc) is 2.73. The van der Waals surface area contributed by atoms with Crippen LogP contribution in [0.15, 0.2) is 65.1 Å². The van der Waals surface area contributed by atoms with Crippen LogP contribution in [0.4, 0.5) is 0 Å². The summed E-state index contributed by atoms with van der Waals surface area (Å²) in [6.45, 7) is 3.90. The number of carbonyl (C=O) groups excluding carboxylic acids is 2. The fourth-order valence-electron chi connectivity index (χ4n) is 3.19. The molecule has 0 heterocycles. The van der Waals surface area contributed by atoms with Crippen molar-refractivity contribution in [2.75, 3.05) is 13.2 Å². The predicted octanol–water partition coefficient (Wildman–Crippen LogP) is 6.79. The molecular formula is C24H20BrClO4. The first-order valence-electron chi connectivity index (χ1n) is 9.49. The predicted molar refractivity (Wildman–Crippen MR) is 122 cm³/mol. The first-order valence-corrected chi connectivity index (χ1v) is 10.7. The molecule has 0 spiro atoms. The molecule has 0 amide bonds. The zero-order chi connectivity index (χ0) is 21.7. The Kier molecular flexibility index (Phi) is 7.29. The molecule has 0 aliphatic heterocycles. The van der Waals surface area contributed by atoms with Crippen molar-refractivity contribution in [2.45, 2.75) is 13.8 Å². The van der Waals surface area contributed by atoms with Gasteiger partial charge >= 0.3 is 11.9 Å². The van der Waals surface area contributed by atoms with E-state index in [0.29, 0.717) is 21.7 Å². The Balaban J connectivity index is 2.40. The fourth-order valence-corrected chi connectivity index (χ4v) is 3.83. The van der Waals surface area contributed by atoms with Gasteiger partial charge in [-0.15, -0.1) is 0 Å². The molecule has 0 aliphatic carbocycles. The number of hydrogen-bond acceptors (Lipinski definition) is 4. The van der Waals surface area contributed by atoms with Crippen LogP contribution in [0.3, 0.4) is 0 Å². The van der Waals surface area contributed by atoms with E-state index < -0.39 is 11.9 Å². The third-order valence-corrected chi connectivity index (χ3v) is 5.24. The maximum atomic E-state index is 12.9. The minimum atomic E-state index is -0.521. The van der Waals surface area contributed by atoms with Crippen LogP contribution < -0.4 is 0 Å². The Bertz CT molecular complexity index is 1090. The topological polar surface area (TPSA) is 52.6 Å². The molecule has 0 unspecified atom stereocenters. The van der Waals surface area contributed by atoms with Gasteiger partial charge in [0.05, 0.1) is 24.3 Å². The van der Waals surface area contributed by atoms with E-state index in [0.717, 1.165) is 10.0 Å². The van der Waals surface area contributed by atoms with Gasteiger partial charge in [0.15, 0.2) is 0 Å². The van der Waals surface area contributed by atoms with E-state index in [1.807, 2.05) is 42.5 Å². The monoisotopic (exact) mass is 486 g/mol. The zero-order valence-electron chi connectivity index (χ0n) is 16.6. The summed E-state index contributed by atoms with van der Waals surface area (Å²) >= 11 is 9.98. The summed E-state index contributed by atoms with van der Waals surface area (Å²) in [5.41, 5.74) is 3.30. The van der Waals surface area contributed by atoms with Crippen LogP contribution in [0.25, 0.3) is 22.3 Å². The number of hydrogen-bond donors (Lipinski definition) is 0. The molecule has 3 rings (SSSR count). The highest BCUT2D eigenvalue weighted by Crippen LogP contribution is 2.40. The van der Waals surface area contributed by atoms with Gasteiger partial charge in [-0.05, 0) is 55.3 Å². The second-order valence-corrected chi connectivity index (χ2v) is 7.70. The van der Waals surface area contributed by atoms with Crippen molar-refractivity contribution in [3.05, 3.63) is 81.3 Å². The molecule has 0 atom stereocenters. The molecule has 0 radical (unpaired) electrons. The number of halogens is 2. The maximum absolute atomic E-state index is 12.9. The van der Waals surface area contributed by atoms with Crippen LogP contribution in [-0.2, 0) is 9.47 Å². The van der Waals surface area contributed by atoms with Gasteiger partial charge in [-0.25, -0.2) is 9.59 Å². The van der Waals surface area contributed by atoms with Gasteiger partial charge in [-0.1, -0.05) is 57.9 Å². The Labute approximate surface area is 188 Å². The van der Waals surface area contributed by atoms with Crippen LogP contribution in [0.2, 0.25) is 5.02 Å². The Morgan fingerprint density at radius 2 is 1.57 bits per heavy atom. The van der Waals surface area contributed by atoms with Gasteiger partial charge in [-0.2, -0.15) is 0 Å². The number of carbonyl (C=O) groups is 2. The highest BCUT2D eigenvalue weighted by molar-refractivity contribution is 9.10. The standard InChI is InChI=1S/C24H20BrClO4/c1-3-29-23(27)16-13-19(18-10-5-6-11-21(18)26)22(15-8-7-9-17(25)12-15)20(14-16)24(28)30-4-2/h5-14H,3-4H2,1-2H3. The molecule has 4 nitrogen and oxygen atoms in total. The van der Waals surface area contributed by atoms with Crippen molar-refractivity contribution in [3.8, 4) is 22.3 Å². The van der Waals surface area contributed by atoms with Gasteiger partial charge in [-0.3, -0.25) is 0 Å². The van der Waals surface area contributed by atoms with Gasteiger partial charge in [0.25, 0.3) is 0 Å². The lowest BCUT2D eigenvalue weighted by Crippen LogP contribution is -2.12. The van der Waals surface area contributed by atoms with Crippen molar-refractivity contribution in [1.29, 1.82) is 0 Å². The molecular weight excluding hydrogens is 468 g/mol. The quantitative estimate of drug-likeness (QED) is 0.359. The lowest BCUT2D eigenvalue weighted by atomic mass is 9.88. The summed E-state index contributed by atoms with van der Waals surface area (Å²) in [5, 5.41) is 0.504. The van der Waals surface area contributed by atoms with Gasteiger partial charge in [0, 0.05) is 20.6 Å². The summed E-state index contributed by atoms with van der Waals surface area (Å²) in [5.74, 6) is -1.04. The van der Waals surface area contributed by atoms with Crippen LogP contribution in [-0.4, -0.2) is 25.2 Å². The molecule has 0 N–H and O–H groups in total. The SMILES string of the molecule is CCOC(=O)c1cc(C(=O)OCC)c(-c2cccc(Br)c2)c(-c2ccccc2Cl)c1. The van der Waals surface area contributed by atoms with E-state index in [-0.39, 0.29) is 24.3 Å². The molecule has 30 heavy (non-hydrogen) atoms. The second-order valence-electron chi connectivity index (χ2n) is 6.38. The van der Waals surface area contributed by atoms with Crippen LogP contribution in [0.5, 0.6) is 0 Å². The first kappa shape index (κ1) is 22.1. The second kappa shape index (κ2) is 9.92. The van der Waals surface area contributed by atoms with Crippen molar-refractivity contribution in [3.63, 3.8) is 0 Å². The number of rotatable bonds is 6. The van der Waals surface area contributed by atoms with Crippen LogP contribution in [0.1, 0.15) is 34.6 Å². The van der Waals surface area contributed by atoms with Gasteiger partial charge in [0.1, 0.15) is 0 Å². The first-order chi connectivity index (χ1) is 14.5. The molecule has 0 bridgehead atoms. The highest BCUT2D eigenvalue weighted by Gasteiger charge is 2.24. The van der Waals surface area contributed by atoms with E-state index >= 15 is 0 Å². The normalized spacial score (nSPS) is 10.5. The van der Waals surface area contributed by atoms with Crippen molar-refractivity contribution in [2.24, 2.45) is 0 Å². The molecule has 0 fully saturated rings. The van der Waals surface area contributed by atoms with E-state index in [2.05, 4.69) is 15.9 Å². The molecule has 3 aromatic carbocycles. The molecule has 154 valence electrons. The van der Waals surface area contributed by atoms with E-state index in [4.69, 9.17) is 21.1 Å². The number of esters is 2. The summed E-state index contributed by atoms with van der Waals surface area (Å²) in [6, 6.07) is 18.1. The molecule has 0 saturated carbocycles. The minimum Gasteiger partial charge on any atom is -0.462 e. The maximum Gasteiger partial charge on any atom is 0.338 e. The molecule has 0 saturated heterocycles. The summed E-state index contributed by atoms with van der Waals surface area (Å²) < 4.78 is 11.3. The molecule has 6 heteroatoms. The Morgan fingerprint density at radius 1 is 0.867 bits per heavy atom. The highest BCUT2D eigenvalue weighted by atomic mass is 79.9.